The zero-order valence-electron chi connectivity index (χ0n) is 21.9. The van der Waals surface area contributed by atoms with E-state index in [1.54, 1.807) is 0 Å². The first-order valence-electron chi connectivity index (χ1n) is 14.3. The lowest BCUT2D eigenvalue weighted by atomic mass is 9.66. The van der Waals surface area contributed by atoms with Crippen LogP contribution in [0.5, 0.6) is 0 Å². The van der Waals surface area contributed by atoms with Gasteiger partial charge >= 0.3 is 0 Å². The van der Waals surface area contributed by atoms with Crippen LogP contribution in [0.1, 0.15) is 88.4 Å². The summed E-state index contributed by atoms with van der Waals surface area (Å²) >= 11 is 2.11. The van der Waals surface area contributed by atoms with E-state index in [2.05, 4.69) is 47.5 Å². The molecule has 5 fully saturated rings. The molecular weight excluding hydrogens is 468 g/mol. The summed E-state index contributed by atoms with van der Waals surface area (Å²) in [6.07, 6.45) is 17.0. The van der Waals surface area contributed by atoms with Crippen LogP contribution in [0.3, 0.4) is 0 Å². The lowest BCUT2D eigenvalue weighted by molar-refractivity contribution is -0.0737. The monoisotopic (exact) mass is 510 g/mol. The highest BCUT2D eigenvalue weighted by Gasteiger charge is 2.60. The van der Waals surface area contributed by atoms with Crippen molar-refractivity contribution >= 4 is 11.8 Å². The van der Waals surface area contributed by atoms with Crippen LogP contribution in [-0.4, -0.2) is 56.7 Å². The van der Waals surface area contributed by atoms with Crippen molar-refractivity contribution in [2.45, 2.75) is 100 Å². The molecule has 196 valence electrons. The van der Waals surface area contributed by atoms with Gasteiger partial charge in [0.25, 0.3) is 0 Å². The number of piperidine rings is 4. The molecule has 5 saturated heterocycles. The fourth-order valence-electron chi connectivity index (χ4n) is 8.98. The van der Waals surface area contributed by atoms with Crippen LogP contribution < -0.4 is 0 Å². The number of rotatable bonds is 2. The van der Waals surface area contributed by atoms with Gasteiger partial charge in [-0.3, -0.25) is 9.80 Å². The average molecular weight is 511 g/mol. The molecule has 0 aliphatic carbocycles. The highest BCUT2D eigenvalue weighted by molar-refractivity contribution is 8.01. The topological polar surface area (TPSA) is 53.0 Å². The van der Waals surface area contributed by atoms with Gasteiger partial charge < -0.3 is 13.9 Å². The van der Waals surface area contributed by atoms with Gasteiger partial charge in [-0.1, -0.05) is 13.8 Å². The number of aliphatic hydroxyl groups excluding tert-OH is 1. The first-order valence-corrected chi connectivity index (χ1v) is 15.3. The summed E-state index contributed by atoms with van der Waals surface area (Å²) in [7, 11) is 0. The number of hydrogen-bond acceptors (Lipinski definition) is 6. The summed E-state index contributed by atoms with van der Waals surface area (Å²) in [5, 5.41) is 11.7. The van der Waals surface area contributed by atoms with E-state index < -0.39 is 0 Å². The van der Waals surface area contributed by atoms with Crippen LogP contribution >= 0.6 is 11.8 Å². The highest BCUT2D eigenvalue weighted by Crippen LogP contribution is 2.60. The number of aliphatic hydroxyl groups is 1. The van der Waals surface area contributed by atoms with Gasteiger partial charge in [-0.25, -0.2) is 0 Å². The normalized spacial score (nSPS) is 45.7. The first kappa shape index (κ1) is 23.9. The summed E-state index contributed by atoms with van der Waals surface area (Å²) in [5.41, 5.74) is 2.98. The Bertz CT molecular complexity index is 1040. The number of fused-ring (bicyclic) bond motifs is 2. The Morgan fingerprint density at radius 3 is 2.14 bits per heavy atom. The predicted octanol–water partition coefficient (Wildman–Crippen LogP) is 6.28. The van der Waals surface area contributed by atoms with Crippen molar-refractivity contribution in [1.29, 1.82) is 0 Å². The molecule has 6 heteroatoms. The SMILES string of the molecule is CC1CCC(c2ccoc2)N2CC3(CCC12)CSC1(CN2C(c4ccoc4)CCC(C)C2CC1O)C3. The molecule has 5 aliphatic heterocycles. The molecule has 7 rings (SSSR count). The minimum atomic E-state index is -0.212. The molecule has 2 aromatic rings. The largest absolute Gasteiger partial charge is 0.472 e. The molecule has 36 heavy (non-hydrogen) atoms. The second-order valence-corrected chi connectivity index (χ2v) is 14.4. The van der Waals surface area contributed by atoms with Gasteiger partial charge in [0.1, 0.15) is 0 Å². The minimum Gasteiger partial charge on any atom is -0.472 e. The van der Waals surface area contributed by atoms with E-state index >= 15 is 0 Å². The van der Waals surface area contributed by atoms with Crippen molar-refractivity contribution in [2.75, 3.05) is 18.8 Å². The Kier molecular flexibility index (Phi) is 5.92. The van der Waals surface area contributed by atoms with Gasteiger partial charge in [-0.2, -0.15) is 11.8 Å². The van der Waals surface area contributed by atoms with Crippen molar-refractivity contribution in [1.82, 2.24) is 9.80 Å². The quantitative estimate of drug-likeness (QED) is 0.513. The predicted molar refractivity (Wildman–Crippen MR) is 143 cm³/mol. The molecule has 9 unspecified atom stereocenters. The molecule has 9 atom stereocenters. The molecule has 0 radical (unpaired) electrons. The molecule has 5 aliphatic rings. The molecule has 2 spiro atoms. The van der Waals surface area contributed by atoms with Crippen LogP contribution in [-0.2, 0) is 0 Å². The standard InChI is InChI=1S/C30H42N2O3S/c1-20-3-5-25(22-8-11-34-14-22)31-17-29(10-7-24(20)31)16-30(36-19-29)18-32-26(23-9-12-35-15-23)6-4-21(2)27(32)13-28(30)33/h8-9,11-12,14-15,20-21,24-28,33H,3-7,10,13,16-19H2,1-2H3. The van der Waals surface area contributed by atoms with Gasteiger partial charge in [0.15, 0.2) is 0 Å². The summed E-state index contributed by atoms with van der Waals surface area (Å²) in [6.45, 7) is 7.04. The number of nitrogens with zero attached hydrogens (tertiary/aromatic N) is 2. The molecule has 1 N–H and O–H groups in total. The second-order valence-electron chi connectivity index (χ2n) is 13.1. The molecule has 0 bridgehead atoms. The maximum absolute atomic E-state index is 11.7. The van der Waals surface area contributed by atoms with E-state index in [0.29, 0.717) is 35.5 Å². The van der Waals surface area contributed by atoms with Crippen molar-refractivity contribution in [3.05, 3.63) is 48.3 Å². The Hall–Kier alpha value is -1.21. The van der Waals surface area contributed by atoms with Gasteiger partial charge in [0.05, 0.1) is 35.9 Å². The summed E-state index contributed by atoms with van der Waals surface area (Å²) in [6, 6.07) is 6.41. The lowest BCUT2D eigenvalue weighted by Gasteiger charge is -2.56. The molecule has 0 amide bonds. The average Bonchev–Trinajstić information content (AvgIpc) is 3.64. The van der Waals surface area contributed by atoms with E-state index in [-0.39, 0.29) is 10.9 Å². The van der Waals surface area contributed by atoms with Crippen LogP contribution in [0.4, 0.5) is 0 Å². The fourth-order valence-corrected chi connectivity index (χ4v) is 10.9. The van der Waals surface area contributed by atoms with Gasteiger partial charge in [-0.15, -0.1) is 0 Å². The van der Waals surface area contributed by atoms with E-state index in [1.165, 1.54) is 61.9 Å². The first-order chi connectivity index (χ1) is 17.5. The van der Waals surface area contributed by atoms with Gasteiger partial charge in [-0.05, 0) is 80.8 Å². The Morgan fingerprint density at radius 1 is 0.861 bits per heavy atom. The Labute approximate surface area is 220 Å². The van der Waals surface area contributed by atoms with Crippen LogP contribution in [0.25, 0.3) is 0 Å². The van der Waals surface area contributed by atoms with Crippen LogP contribution in [0.2, 0.25) is 0 Å². The Balaban J connectivity index is 1.15. The molecular formula is C30H42N2O3S. The minimum absolute atomic E-state index is 0.0467. The van der Waals surface area contributed by atoms with Crippen LogP contribution in [0.15, 0.2) is 46.0 Å². The number of thioether (sulfide) groups is 1. The highest BCUT2D eigenvalue weighted by atomic mass is 32.2. The summed E-state index contributed by atoms with van der Waals surface area (Å²) in [4.78, 5) is 5.64. The van der Waals surface area contributed by atoms with Gasteiger partial charge in [0.2, 0.25) is 0 Å². The molecule has 5 nitrogen and oxygen atoms in total. The van der Waals surface area contributed by atoms with E-state index in [0.717, 1.165) is 25.3 Å². The van der Waals surface area contributed by atoms with E-state index in [1.807, 2.05) is 25.1 Å². The van der Waals surface area contributed by atoms with E-state index in [4.69, 9.17) is 8.83 Å². The van der Waals surface area contributed by atoms with Crippen molar-refractivity contribution in [2.24, 2.45) is 17.3 Å². The van der Waals surface area contributed by atoms with Crippen LogP contribution in [0, 0.1) is 17.3 Å². The maximum Gasteiger partial charge on any atom is 0.0950 e. The van der Waals surface area contributed by atoms with Gasteiger partial charge in [0, 0.05) is 54.1 Å². The number of furan rings is 2. The van der Waals surface area contributed by atoms with Crippen molar-refractivity contribution in [3.8, 4) is 0 Å². The maximum atomic E-state index is 11.7. The smallest absolute Gasteiger partial charge is 0.0950 e. The van der Waals surface area contributed by atoms with E-state index in [9.17, 15) is 5.11 Å². The van der Waals surface area contributed by atoms with Crippen molar-refractivity contribution < 1.29 is 13.9 Å². The third-order valence-corrected chi connectivity index (χ3v) is 12.8. The summed E-state index contributed by atoms with van der Waals surface area (Å²) < 4.78 is 11.0. The number of hydrogen-bond donors (Lipinski definition) is 1. The third-order valence-electron chi connectivity index (χ3n) is 11.0. The fraction of sp³-hybridized carbons (Fsp3) is 0.733. The Morgan fingerprint density at radius 2 is 1.50 bits per heavy atom. The second kappa shape index (κ2) is 8.93. The molecule has 0 aromatic carbocycles. The lowest BCUT2D eigenvalue weighted by Crippen LogP contribution is -2.62. The zero-order chi connectivity index (χ0) is 24.5. The summed E-state index contributed by atoms with van der Waals surface area (Å²) in [5.74, 6) is 2.59. The molecule has 7 heterocycles. The molecule has 0 saturated carbocycles. The zero-order valence-corrected chi connectivity index (χ0v) is 22.7. The molecule has 2 aromatic heterocycles. The van der Waals surface area contributed by atoms with Crippen molar-refractivity contribution in [3.63, 3.8) is 0 Å². The third kappa shape index (κ3) is 3.77.